The highest BCUT2D eigenvalue weighted by Gasteiger charge is 2.39. The largest absolute Gasteiger partial charge is 0.353 e. The van der Waals surface area contributed by atoms with Crippen LogP contribution in [0.4, 0.5) is 4.39 Å². The number of hydrogen-bond acceptors (Lipinski definition) is 3. The third-order valence-electron chi connectivity index (χ3n) is 4.10. The molecule has 2 aromatic rings. The van der Waals surface area contributed by atoms with Gasteiger partial charge in [-0.25, -0.2) is 12.8 Å². The van der Waals surface area contributed by atoms with E-state index in [0.29, 0.717) is 10.6 Å². The number of benzene rings is 2. The molecule has 0 radical (unpaired) electrons. The molecule has 3 rings (SSSR count). The summed E-state index contributed by atoms with van der Waals surface area (Å²) in [4.78, 5) is 12.4. The highest BCUT2D eigenvalue weighted by Crippen LogP contribution is 2.31. The molecule has 1 heterocycles. The van der Waals surface area contributed by atoms with E-state index in [1.54, 1.807) is 13.0 Å². The Labute approximate surface area is 150 Å². The SMILES string of the molecule is Cc1ccc(S(=O)(=O)N2CCNC(=O)C2c2ccc(F)cc2)cc1Cl. The highest BCUT2D eigenvalue weighted by molar-refractivity contribution is 7.89. The molecule has 0 aromatic heterocycles. The van der Waals surface area contributed by atoms with Crippen LogP contribution >= 0.6 is 11.6 Å². The normalized spacial score (nSPS) is 18.8. The van der Waals surface area contributed by atoms with Crippen LogP contribution in [0.25, 0.3) is 0 Å². The van der Waals surface area contributed by atoms with Crippen LogP contribution in [0.15, 0.2) is 47.4 Å². The van der Waals surface area contributed by atoms with Gasteiger partial charge in [0, 0.05) is 18.1 Å². The molecule has 25 heavy (non-hydrogen) atoms. The summed E-state index contributed by atoms with van der Waals surface area (Å²) in [6, 6.07) is 8.62. The van der Waals surface area contributed by atoms with Gasteiger partial charge in [-0.1, -0.05) is 29.8 Å². The molecule has 1 aliphatic rings. The number of aryl methyl sites for hydroxylation is 1. The van der Waals surface area contributed by atoms with Gasteiger partial charge in [-0.3, -0.25) is 4.79 Å². The van der Waals surface area contributed by atoms with Crippen LogP contribution in [0, 0.1) is 12.7 Å². The van der Waals surface area contributed by atoms with Gasteiger partial charge in [0.05, 0.1) is 4.90 Å². The lowest BCUT2D eigenvalue weighted by Gasteiger charge is -2.34. The molecule has 5 nitrogen and oxygen atoms in total. The van der Waals surface area contributed by atoms with Crippen molar-refractivity contribution in [2.75, 3.05) is 13.1 Å². The Bertz CT molecular complexity index is 916. The van der Waals surface area contributed by atoms with Gasteiger partial charge in [-0.2, -0.15) is 4.31 Å². The van der Waals surface area contributed by atoms with E-state index in [1.165, 1.54) is 36.4 Å². The number of halogens is 2. The van der Waals surface area contributed by atoms with Gasteiger partial charge in [0.2, 0.25) is 15.9 Å². The van der Waals surface area contributed by atoms with Crippen LogP contribution in [0.5, 0.6) is 0 Å². The molecule has 0 spiro atoms. The fourth-order valence-corrected chi connectivity index (χ4v) is 4.59. The monoisotopic (exact) mass is 382 g/mol. The van der Waals surface area contributed by atoms with Gasteiger partial charge in [-0.05, 0) is 42.3 Å². The topological polar surface area (TPSA) is 66.5 Å². The molecule has 1 atom stereocenters. The van der Waals surface area contributed by atoms with Crippen molar-refractivity contribution in [2.24, 2.45) is 0 Å². The van der Waals surface area contributed by atoms with Crippen molar-refractivity contribution in [1.29, 1.82) is 0 Å². The lowest BCUT2D eigenvalue weighted by molar-refractivity contribution is -0.126. The van der Waals surface area contributed by atoms with Crippen LogP contribution in [0.3, 0.4) is 0 Å². The van der Waals surface area contributed by atoms with Crippen molar-refractivity contribution in [1.82, 2.24) is 9.62 Å². The molecule has 132 valence electrons. The van der Waals surface area contributed by atoms with Crippen molar-refractivity contribution in [3.05, 3.63) is 64.4 Å². The number of nitrogens with zero attached hydrogens (tertiary/aromatic N) is 1. The smallest absolute Gasteiger partial charge is 0.244 e. The molecule has 0 bridgehead atoms. The van der Waals surface area contributed by atoms with E-state index in [1.807, 2.05) is 0 Å². The zero-order valence-corrected chi connectivity index (χ0v) is 14.9. The second kappa shape index (κ2) is 6.74. The van der Waals surface area contributed by atoms with E-state index in [0.717, 1.165) is 9.87 Å². The third-order valence-corrected chi connectivity index (χ3v) is 6.37. The fraction of sp³-hybridized carbons (Fsp3) is 0.235. The molecule has 0 aliphatic carbocycles. The van der Waals surface area contributed by atoms with Crippen molar-refractivity contribution >= 4 is 27.5 Å². The zero-order chi connectivity index (χ0) is 18.2. The fourth-order valence-electron chi connectivity index (χ4n) is 2.74. The Morgan fingerprint density at radius 2 is 1.88 bits per heavy atom. The van der Waals surface area contributed by atoms with Gasteiger partial charge >= 0.3 is 0 Å². The molecular weight excluding hydrogens is 367 g/mol. The summed E-state index contributed by atoms with van der Waals surface area (Å²) in [7, 11) is -3.95. The van der Waals surface area contributed by atoms with Crippen LogP contribution in [-0.4, -0.2) is 31.7 Å². The van der Waals surface area contributed by atoms with Gasteiger partial charge in [0.15, 0.2) is 0 Å². The number of piperazine rings is 1. The Kier molecular flexibility index (Phi) is 4.81. The average molecular weight is 383 g/mol. The first-order valence-corrected chi connectivity index (χ1v) is 9.43. The molecule has 1 fully saturated rings. The average Bonchev–Trinajstić information content (AvgIpc) is 2.58. The van der Waals surface area contributed by atoms with Crippen LogP contribution < -0.4 is 5.32 Å². The minimum Gasteiger partial charge on any atom is -0.353 e. The Morgan fingerprint density at radius 3 is 2.52 bits per heavy atom. The van der Waals surface area contributed by atoms with Gasteiger partial charge in [0.1, 0.15) is 11.9 Å². The lowest BCUT2D eigenvalue weighted by atomic mass is 10.0. The van der Waals surface area contributed by atoms with E-state index < -0.39 is 27.8 Å². The standard InChI is InChI=1S/C17H16ClFN2O3S/c1-11-2-7-14(10-15(11)18)25(23,24)21-9-8-20-17(22)16(21)12-3-5-13(19)6-4-12/h2-7,10,16H,8-9H2,1H3,(H,20,22). The summed E-state index contributed by atoms with van der Waals surface area (Å²) in [6.07, 6.45) is 0. The molecule has 0 saturated carbocycles. The summed E-state index contributed by atoms with van der Waals surface area (Å²) >= 11 is 6.05. The van der Waals surface area contributed by atoms with E-state index in [2.05, 4.69) is 5.32 Å². The number of rotatable bonds is 3. The minimum atomic E-state index is -3.95. The minimum absolute atomic E-state index is 0.0184. The zero-order valence-electron chi connectivity index (χ0n) is 13.4. The molecule has 8 heteroatoms. The van der Waals surface area contributed by atoms with Crippen molar-refractivity contribution in [2.45, 2.75) is 17.9 Å². The molecule has 1 unspecified atom stereocenters. The molecule has 1 saturated heterocycles. The quantitative estimate of drug-likeness (QED) is 0.887. The second-order valence-corrected chi connectivity index (χ2v) is 8.07. The highest BCUT2D eigenvalue weighted by atomic mass is 35.5. The first-order chi connectivity index (χ1) is 11.8. The molecule has 1 N–H and O–H groups in total. The summed E-state index contributed by atoms with van der Waals surface area (Å²) in [5, 5.41) is 2.99. The maximum atomic E-state index is 13.2. The lowest BCUT2D eigenvalue weighted by Crippen LogP contribution is -2.52. The molecule has 1 amide bonds. The third kappa shape index (κ3) is 3.40. The number of sulfonamides is 1. The maximum absolute atomic E-state index is 13.2. The maximum Gasteiger partial charge on any atom is 0.244 e. The number of carbonyl (C=O) groups excluding carboxylic acids is 1. The molecule has 1 aliphatic heterocycles. The van der Waals surface area contributed by atoms with Crippen LogP contribution in [-0.2, 0) is 14.8 Å². The Balaban J connectivity index is 2.06. The summed E-state index contributed by atoms with van der Waals surface area (Å²) in [6.45, 7) is 2.09. The van der Waals surface area contributed by atoms with E-state index in [4.69, 9.17) is 11.6 Å². The van der Waals surface area contributed by atoms with Crippen LogP contribution in [0.1, 0.15) is 17.2 Å². The van der Waals surface area contributed by atoms with Gasteiger partial charge in [-0.15, -0.1) is 0 Å². The second-order valence-electron chi connectivity index (χ2n) is 5.77. The van der Waals surface area contributed by atoms with E-state index in [9.17, 15) is 17.6 Å². The van der Waals surface area contributed by atoms with Crippen molar-refractivity contribution in [3.63, 3.8) is 0 Å². The predicted octanol–water partition coefficient (Wildman–Crippen LogP) is 2.65. The van der Waals surface area contributed by atoms with Gasteiger partial charge < -0.3 is 5.32 Å². The summed E-state index contributed by atoms with van der Waals surface area (Å²) in [5.41, 5.74) is 1.16. The Morgan fingerprint density at radius 1 is 1.20 bits per heavy atom. The van der Waals surface area contributed by atoms with E-state index in [-0.39, 0.29) is 18.0 Å². The van der Waals surface area contributed by atoms with Crippen LogP contribution in [0.2, 0.25) is 5.02 Å². The summed E-state index contributed by atoms with van der Waals surface area (Å²) in [5.74, 6) is -0.903. The first kappa shape index (κ1) is 17.8. The Hall–Kier alpha value is -1.96. The van der Waals surface area contributed by atoms with E-state index >= 15 is 0 Å². The molecular formula is C17H16ClFN2O3S. The number of carbonyl (C=O) groups is 1. The number of amides is 1. The van der Waals surface area contributed by atoms with Crippen molar-refractivity contribution in [3.8, 4) is 0 Å². The summed E-state index contributed by atoms with van der Waals surface area (Å²) < 4.78 is 40.4. The van der Waals surface area contributed by atoms with Crippen molar-refractivity contribution < 1.29 is 17.6 Å². The number of nitrogens with one attached hydrogen (secondary N) is 1. The van der Waals surface area contributed by atoms with Gasteiger partial charge in [0.25, 0.3) is 0 Å². The molecule has 2 aromatic carbocycles. The number of hydrogen-bond donors (Lipinski definition) is 1. The predicted molar refractivity (Wildman–Crippen MR) is 92.2 cm³/mol. The first-order valence-electron chi connectivity index (χ1n) is 7.62.